The Kier molecular flexibility index (Phi) is 5.94. The van der Waals surface area contributed by atoms with Gasteiger partial charge in [-0.1, -0.05) is 0 Å². The summed E-state index contributed by atoms with van der Waals surface area (Å²) in [6, 6.07) is 10.3. The van der Waals surface area contributed by atoms with E-state index in [0.29, 0.717) is 46.4 Å². The second kappa shape index (κ2) is 9.07. The molecule has 1 amide bonds. The molecule has 1 saturated heterocycles. The van der Waals surface area contributed by atoms with Crippen LogP contribution in [0.1, 0.15) is 12.6 Å². The summed E-state index contributed by atoms with van der Waals surface area (Å²) in [4.78, 5) is 24.3. The number of hydrogen-bond acceptors (Lipinski definition) is 6. The van der Waals surface area contributed by atoms with Gasteiger partial charge < -0.3 is 29.0 Å². The van der Waals surface area contributed by atoms with E-state index in [1.54, 1.807) is 47.5 Å². The molecule has 0 bridgehead atoms. The van der Waals surface area contributed by atoms with Crippen LogP contribution in [0.3, 0.4) is 0 Å². The zero-order valence-electron chi connectivity index (χ0n) is 20.1. The summed E-state index contributed by atoms with van der Waals surface area (Å²) in [5.74, 6) is 0.624. The number of aromatic amines is 1. The van der Waals surface area contributed by atoms with Crippen LogP contribution in [0.4, 0.5) is 9.18 Å². The fourth-order valence-electron chi connectivity index (χ4n) is 4.31. The molecule has 35 heavy (non-hydrogen) atoms. The summed E-state index contributed by atoms with van der Waals surface area (Å²) in [7, 11) is 3.53. The van der Waals surface area contributed by atoms with Gasteiger partial charge in [0.1, 0.15) is 5.75 Å². The Morgan fingerprint density at radius 1 is 1.09 bits per heavy atom. The van der Waals surface area contributed by atoms with Crippen molar-refractivity contribution in [3.63, 3.8) is 0 Å². The Hall–Kier alpha value is -3.85. The molecule has 1 aliphatic heterocycles. The van der Waals surface area contributed by atoms with E-state index in [0.717, 1.165) is 12.2 Å². The van der Waals surface area contributed by atoms with E-state index in [1.807, 2.05) is 14.0 Å². The maximum atomic E-state index is 15.1. The highest BCUT2D eigenvalue weighted by molar-refractivity contribution is 5.89. The summed E-state index contributed by atoms with van der Waals surface area (Å²) >= 11 is 0. The van der Waals surface area contributed by atoms with Gasteiger partial charge in [-0.05, 0) is 51.2 Å². The van der Waals surface area contributed by atoms with E-state index in [-0.39, 0.29) is 17.5 Å². The highest BCUT2D eigenvalue weighted by atomic mass is 19.1. The smallest absolute Gasteiger partial charge is 0.415 e. The van der Waals surface area contributed by atoms with Gasteiger partial charge in [0, 0.05) is 59.9 Å². The van der Waals surface area contributed by atoms with Crippen molar-refractivity contribution in [2.45, 2.75) is 19.9 Å². The fraction of sp³-hybridized carbons (Fsp3) is 0.308. The minimum absolute atomic E-state index is 0.0878. The molecule has 1 aliphatic rings. The molecule has 0 aliphatic carbocycles. The number of carbonyl (C=O) groups is 1. The van der Waals surface area contributed by atoms with Gasteiger partial charge in [-0.3, -0.25) is 4.98 Å². The van der Waals surface area contributed by atoms with Gasteiger partial charge >= 0.3 is 6.09 Å². The average Bonchev–Trinajstić information content (AvgIpc) is 3.23. The zero-order valence-corrected chi connectivity index (χ0v) is 20.1. The number of methoxy groups -OCH3 is 1. The first-order chi connectivity index (χ1) is 16.8. The SMILES string of the molecule is COc1cc2nccc(Oc3ccc4[nH]c(C)cc4c3F)c2cc1OC(=O)N1CCN(C)C(C)C1. The van der Waals surface area contributed by atoms with E-state index in [9.17, 15) is 4.79 Å². The molecule has 5 rings (SSSR count). The number of H-pyrrole nitrogens is 1. The molecule has 0 saturated carbocycles. The number of halogens is 1. The molecule has 1 N–H and O–H groups in total. The number of carbonyl (C=O) groups excluding carboxylic acids is 1. The van der Waals surface area contributed by atoms with Gasteiger partial charge in [0.15, 0.2) is 23.1 Å². The van der Waals surface area contributed by atoms with Gasteiger partial charge in [0.2, 0.25) is 0 Å². The molecule has 3 heterocycles. The number of nitrogens with one attached hydrogen (secondary N) is 1. The highest BCUT2D eigenvalue weighted by Gasteiger charge is 2.27. The molecule has 182 valence electrons. The van der Waals surface area contributed by atoms with Crippen molar-refractivity contribution in [3.8, 4) is 23.0 Å². The van der Waals surface area contributed by atoms with Gasteiger partial charge in [-0.15, -0.1) is 0 Å². The summed E-state index contributed by atoms with van der Waals surface area (Å²) in [6.07, 6.45) is 1.12. The van der Waals surface area contributed by atoms with Crippen molar-refractivity contribution in [1.82, 2.24) is 19.8 Å². The normalized spacial score (nSPS) is 16.6. The fourth-order valence-corrected chi connectivity index (χ4v) is 4.31. The Bertz CT molecular complexity index is 1420. The van der Waals surface area contributed by atoms with Crippen LogP contribution in [0.15, 0.2) is 42.6 Å². The lowest BCUT2D eigenvalue weighted by Crippen LogP contribution is -2.52. The quantitative estimate of drug-likeness (QED) is 0.440. The van der Waals surface area contributed by atoms with E-state index in [4.69, 9.17) is 14.2 Å². The first-order valence-electron chi connectivity index (χ1n) is 11.4. The topological polar surface area (TPSA) is 79.9 Å². The molecule has 2 aromatic carbocycles. The van der Waals surface area contributed by atoms with E-state index in [2.05, 4.69) is 21.8 Å². The second-order valence-corrected chi connectivity index (χ2v) is 8.87. The van der Waals surface area contributed by atoms with Crippen molar-refractivity contribution < 1.29 is 23.4 Å². The summed E-state index contributed by atoms with van der Waals surface area (Å²) < 4.78 is 32.3. The lowest BCUT2D eigenvalue weighted by atomic mass is 10.1. The number of hydrogen-bond donors (Lipinski definition) is 1. The Morgan fingerprint density at radius 2 is 1.91 bits per heavy atom. The summed E-state index contributed by atoms with van der Waals surface area (Å²) in [5.41, 5.74) is 2.12. The lowest BCUT2D eigenvalue weighted by molar-refractivity contribution is 0.0931. The van der Waals surface area contributed by atoms with Gasteiger partial charge in [0.05, 0.1) is 12.6 Å². The standard InChI is InChI=1S/C26H27FN4O4/c1-15-11-18-19(29-15)5-6-22(25(18)27)34-21-7-8-28-20-13-23(33-4)24(12-17(20)21)35-26(32)31-10-9-30(3)16(2)14-31/h5-8,11-13,16,29H,9-10,14H2,1-4H3. The summed E-state index contributed by atoms with van der Waals surface area (Å²) in [6.45, 7) is 5.85. The monoisotopic (exact) mass is 478 g/mol. The number of nitrogens with zero attached hydrogens (tertiary/aromatic N) is 3. The number of ether oxygens (including phenoxy) is 3. The Labute approximate surface area is 202 Å². The largest absolute Gasteiger partial charge is 0.493 e. The number of pyridine rings is 1. The van der Waals surface area contributed by atoms with Crippen LogP contribution in [0.5, 0.6) is 23.0 Å². The molecule has 1 atom stereocenters. The number of rotatable bonds is 4. The molecule has 9 heteroatoms. The highest BCUT2D eigenvalue weighted by Crippen LogP contribution is 2.38. The number of aryl methyl sites for hydroxylation is 1. The zero-order chi connectivity index (χ0) is 24.7. The van der Waals surface area contributed by atoms with Crippen molar-refractivity contribution >= 4 is 27.9 Å². The number of amides is 1. The van der Waals surface area contributed by atoms with Crippen molar-refractivity contribution in [1.29, 1.82) is 0 Å². The molecule has 4 aromatic rings. The van der Waals surface area contributed by atoms with Crippen molar-refractivity contribution in [2.24, 2.45) is 0 Å². The van der Waals surface area contributed by atoms with Crippen LogP contribution < -0.4 is 14.2 Å². The van der Waals surface area contributed by atoms with Crippen LogP contribution in [0.25, 0.3) is 21.8 Å². The molecule has 8 nitrogen and oxygen atoms in total. The van der Waals surface area contributed by atoms with Crippen LogP contribution >= 0.6 is 0 Å². The molecular formula is C26H27FN4O4. The molecule has 1 unspecified atom stereocenters. The predicted octanol–water partition coefficient (Wildman–Crippen LogP) is 5.10. The lowest BCUT2D eigenvalue weighted by Gasteiger charge is -2.36. The third kappa shape index (κ3) is 4.35. The predicted molar refractivity (Wildman–Crippen MR) is 131 cm³/mol. The molecular weight excluding hydrogens is 451 g/mol. The minimum atomic E-state index is -0.457. The van der Waals surface area contributed by atoms with Crippen molar-refractivity contribution in [2.75, 3.05) is 33.8 Å². The van der Waals surface area contributed by atoms with Crippen LogP contribution in [-0.4, -0.2) is 65.7 Å². The first-order valence-corrected chi connectivity index (χ1v) is 11.4. The molecule has 1 fully saturated rings. The average molecular weight is 479 g/mol. The molecule has 0 radical (unpaired) electrons. The Morgan fingerprint density at radius 3 is 2.69 bits per heavy atom. The van der Waals surface area contributed by atoms with Crippen LogP contribution in [0, 0.1) is 12.7 Å². The number of fused-ring (bicyclic) bond motifs is 2. The van der Waals surface area contributed by atoms with E-state index < -0.39 is 11.9 Å². The maximum Gasteiger partial charge on any atom is 0.415 e. The molecule has 0 spiro atoms. The third-order valence-electron chi connectivity index (χ3n) is 6.46. The van der Waals surface area contributed by atoms with E-state index >= 15 is 4.39 Å². The number of likely N-dealkylation sites (N-methyl/N-ethyl adjacent to an activating group) is 1. The van der Waals surface area contributed by atoms with Crippen LogP contribution in [0.2, 0.25) is 0 Å². The third-order valence-corrected chi connectivity index (χ3v) is 6.46. The number of piperazine rings is 1. The molecule has 2 aromatic heterocycles. The minimum Gasteiger partial charge on any atom is -0.493 e. The van der Waals surface area contributed by atoms with Gasteiger partial charge in [0.25, 0.3) is 0 Å². The van der Waals surface area contributed by atoms with Crippen molar-refractivity contribution in [3.05, 3.63) is 54.1 Å². The number of aromatic nitrogens is 2. The number of benzene rings is 2. The van der Waals surface area contributed by atoms with Crippen LogP contribution in [-0.2, 0) is 0 Å². The summed E-state index contributed by atoms with van der Waals surface area (Å²) in [5, 5.41) is 1.02. The van der Waals surface area contributed by atoms with Gasteiger partial charge in [-0.2, -0.15) is 0 Å². The maximum absolute atomic E-state index is 15.1. The van der Waals surface area contributed by atoms with E-state index in [1.165, 1.54) is 7.11 Å². The second-order valence-electron chi connectivity index (χ2n) is 8.87. The Balaban J connectivity index is 1.48. The van der Waals surface area contributed by atoms with Gasteiger partial charge in [-0.25, -0.2) is 9.18 Å². The first kappa shape index (κ1) is 22.9.